The topological polar surface area (TPSA) is 78.3 Å². The largest absolute Gasteiger partial charge is 0.486 e. The molecule has 1 amide bonds. The molecule has 2 aromatic heterocycles. The third-order valence-corrected chi connectivity index (χ3v) is 4.37. The van der Waals surface area contributed by atoms with Gasteiger partial charge < -0.3 is 14.8 Å². The van der Waals surface area contributed by atoms with Gasteiger partial charge in [0.05, 0.1) is 5.02 Å². The molecule has 0 aliphatic carbocycles. The minimum atomic E-state index is -0.235. The van der Waals surface area contributed by atoms with E-state index >= 15 is 0 Å². The summed E-state index contributed by atoms with van der Waals surface area (Å²) in [5.74, 6) is 1.56. The molecule has 1 aliphatic rings. The highest BCUT2D eigenvalue weighted by Crippen LogP contribution is 2.38. The second kappa shape index (κ2) is 8.14. The predicted molar refractivity (Wildman–Crippen MR) is 105 cm³/mol. The summed E-state index contributed by atoms with van der Waals surface area (Å²) in [5.41, 5.74) is 1.61. The molecule has 1 aromatic carbocycles. The SMILES string of the molecule is O=C(/C=C/c1cc(Cl)c2c(c1)OCCO2)NCc1cccnc1-n1cccn1. The van der Waals surface area contributed by atoms with E-state index in [2.05, 4.69) is 15.4 Å². The molecule has 3 aromatic rings. The Bertz CT molecular complexity index is 1020. The Morgan fingerprint density at radius 2 is 2.14 bits per heavy atom. The van der Waals surface area contributed by atoms with Crippen molar-refractivity contribution in [1.29, 1.82) is 0 Å². The zero-order valence-electron chi connectivity index (χ0n) is 14.8. The highest BCUT2D eigenvalue weighted by molar-refractivity contribution is 6.32. The van der Waals surface area contributed by atoms with Crippen molar-refractivity contribution in [2.75, 3.05) is 13.2 Å². The smallest absolute Gasteiger partial charge is 0.244 e. The lowest BCUT2D eigenvalue weighted by Crippen LogP contribution is -2.21. The minimum Gasteiger partial charge on any atom is -0.486 e. The second-order valence-electron chi connectivity index (χ2n) is 6.01. The number of hydrogen-bond acceptors (Lipinski definition) is 5. The lowest BCUT2D eigenvalue weighted by molar-refractivity contribution is -0.116. The van der Waals surface area contributed by atoms with Crippen LogP contribution in [0.4, 0.5) is 0 Å². The lowest BCUT2D eigenvalue weighted by Gasteiger charge is -2.19. The van der Waals surface area contributed by atoms with Crippen LogP contribution in [0.2, 0.25) is 5.02 Å². The summed E-state index contributed by atoms with van der Waals surface area (Å²) in [6, 6.07) is 9.06. The van der Waals surface area contributed by atoms with E-state index in [4.69, 9.17) is 21.1 Å². The van der Waals surface area contributed by atoms with Gasteiger partial charge in [-0.3, -0.25) is 4.79 Å². The first-order valence-corrected chi connectivity index (χ1v) is 9.07. The van der Waals surface area contributed by atoms with E-state index < -0.39 is 0 Å². The van der Waals surface area contributed by atoms with Crippen LogP contribution in [-0.4, -0.2) is 33.9 Å². The molecule has 8 heteroatoms. The molecule has 0 radical (unpaired) electrons. The van der Waals surface area contributed by atoms with Gasteiger partial charge in [-0.1, -0.05) is 17.7 Å². The van der Waals surface area contributed by atoms with Gasteiger partial charge >= 0.3 is 0 Å². The number of fused-ring (bicyclic) bond motifs is 1. The van der Waals surface area contributed by atoms with Crippen LogP contribution in [-0.2, 0) is 11.3 Å². The summed E-state index contributed by atoms with van der Waals surface area (Å²) >= 11 is 6.22. The third kappa shape index (κ3) is 3.99. The van der Waals surface area contributed by atoms with Gasteiger partial charge in [-0.25, -0.2) is 9.67 Å². The number of halogens is 1. The van der Waals surface area contributed by atoms with Crippen LogP contribution in [0, 0.1) is 0 Å². The molecule has 0 saturated heterocycles. The fraction of sp³-hybridized carbons (Fsp3) is 0.150. The summed E-state index contributed by atoms with van der Waals surface area (Å²) in [6.07, 6.45) is 8.30. The molecule has 1 N–H and O–H groups in total. The number of pyridine rings is 1. The van der Waals surface area contributed by atoms with Crippen LogP contribution in [0.5, 0.6) is 11.5 Å². The molecule has 0 spiro atoms. The van der Waals surface area contributed by atoms with E-state index in [0.717, 1.165) is 11.1 Å². The Balaban J connectivity index is 1.43. The number of nitrogens with one attached hydrogen (secondary N) is 1. The van der Waals surface area contributed by atoms with Gasteiger partial charge in [0.15, 0.2) is 17.3 Å². The normalized spacial score (nSPS) is 12.9. The molecule has 0 atom stereocenters. The minimum absolute atomic E-state index is 0.235. The maximum Gasteiger partial charge on any atom is 0.244 e. The van der Waals surface area contributed by atoms with Crippen LogP contribution >= 0.6 is 11.6 Å². The van der Waals surface area contributed by atoms with Crippen molar-refractivity contribution in [3.8, 4) is 17.3 Å². The van der Waals surface area contributed by atoms with E-state index in [1.54, 1.807) is 41.5 Å². The van der Waals surface area contributed by atoms with Crippen molar-refractivity contribution in [2.45, 2.75) is 6.54 Å². The maximum absolute atomic E-state index is 12.2. The zero-order chi connectivity index (χ0) is 19.3. The number of carbonyl (C=O) groups is 1. The quantitative estimate of drug-likeness (QED) is 0.671. The predicted octanol–water partition coefficient (Wildman–Crippen LogP) is 3.02. The molecular formula is C20H17ClN4O3. The molecule has 4 rings (SSSR count). The summed E-state index contributed by atoms with van der Waals surface area (Å²) in [5, 5.41) is 7.49. The zero-order valence-corrected chi connectivity index (χ0v) is 15.6. The Hall–Kier alpha value is -3.32. The van der Waals surface area contributed by atoms with Gasteiger partial charge in [0.2, 0.25) is 5.91 Å². The number of aromatic nitrogens is 3. The molecule has 0 bridgehead atoms. The van der Waals surface area contributed by atoms with Crippen molar-refractivity contribution >= 4 is 23.6 Å². The average Bonchev–Trinajstić information content (AvgIpc) is 3.26. The Morgan fingerprint density at radius 3 is 3.00 bits per heavy atom. The van der Waals surface area contributed by atoms with Crippen LogP contribution in [0.3, 0.4) is 0 Å². The lowest BCUT2D eigenvalue weighted by atomic mass is 10.1. The molecule has 3 heterocycles. The van der Waals surface area contributed by atoms with E-state index in [1.165, 1.54) is 6.08 Å². The summed E-state index contributed by atoms with van der Waals surface area (Å²) in [7, 11) is 0. The van der Waals surface area contributed by atoms with E-state index in [9.17, 15) is 4.79 Å². The molecule has 0 saturated carbocycles. The summed E-state index contributed by atoms with van der Waals surface area (Å²) < 4.78 is 12.7. The molecule has 0 unspecified atom stereocenters. The summed E-state index contributed by atoms with van der Waals surface area (Å²) in [4.78, 5) is 16.6. The highest BCUT2D eigenvalue weighted by Gasteiger charge is 2.16. The van der Waals surface area contributed by atoms with E-state index in [1.807, 2.05) is 18.2 Å². The fourth-order valence-corrected chi connectivity index (χ4v) is 3.08. The maximum atomic E-state index is 12.2. The first kappa shape index (κ1) is 18.1. The van der Waals surface area contributed by atoms with Gasteiger partial charge in [0, 0.05) is 36.8 Å². The van der Waals surface area contributed by atoms with Gasteiger partial charge in [0.1, 0.15) is 13.2 Å². The summed E-state index contributed by atoms with van der Waals surface area (Å²) in [6.45, 7) is 1.27. The van der Waals surface area contributed by atoms with Crippen molar-refractivity contribution < 1.29 is 14.3 Å². The molecular weight excluding hydrogens is 380 g/mol. The van der Waals surface area contributed by atoms with Crippen LogP contribution in [0.15, 0.2) is 55.0 Å². The number of carbonyl (C=O) groups excluding carboxylic acids is 1. The number of amides is 1. The van der Waals surface area contributed by atoms with E-state index in [0.29, 0.717) is 42.1 Å². The molecule has 0 fully saturated rings. The second-order valence-corrected chi connectivity index (χ2v) is 6.42. The highest BCUT2D eigenvalue weighted by atomic mass is 35.5. The van der Waals surface area contributed by atoms with Crippen LogP contribution in [0.25, 0.3) is 11.9 Å². The fourth-order valence-electron chi connectivity index (χ4n) is 2.81. The van der Waals surface area contributed by atoms with Crippen molar-refractivity contribution in [2.24, 2.45) is 0 Å². The standard InChI is InChI=1S/C20H17ClN4O3/c21-16-11-14(12-17-19(16)28-10-9-27-17)4-5-18(26)23-13-15-3-1-6-22-20(15)25-8-2-7-24-25/h1-8,11-12H,9-10,13H2,(H,23,26)/b5-4+. The number of ether oxygens (including phenoxy) is 2. The molecule has 1 aliphatic heterocycles. The van der Waals surface area contributed by atoms with Gasteiger partial charge in [0.25, 0.3) is 0 Å². The average molecular weight is 397 g/mol. The van der Waals surface area contributed by atoms with Gasteiger partial charge in [-0.2, -0.15) is 5.10 Å². The van der Waals surface area contributed by atoms with E-state index in [-0.39, 0.29) is 5.91 Å². The molecule has 142 valence electrons. The Kier molecular flexibility index (Phi) is 5.25. The van der Waals surface area contributed by atoms with Crippen molar-refractivity contribution in [3.05, 3.63) is 71.1 Å². The third-order valence-electron chi connectivity index (χ3n) is 4.09. The van der Waals surface area contributed by atoms with Crippen LogP contribution in [0.1, 0.15) is 11.1 Å². The van der Waals surface area contributed by atoms with Gasteiger partial charge in [-0.05, 0) is 35.9 Å². The number of nitrogens with zero attached hydrogens (tertiary/aromatic N) is 3. The molecule has 7 nitrogen and oxygen atoms in total. The number of hydrogen-bond donors (Lipinski definition) is 1. The number of rotatable bonds is 5. The Morgan fingerprint density at radius 1 is 1.25 bits per heavy atom. The Labute approximate surface area is 166 Å². The first-order valence-electron chi connectivity index (χ1n) is 8.70. The number of benzene rings is 1. The van der Waals surface area contributed by atoms with Crippen LogP contribution < -0.4 is 14.8 Å². The monoisotopic (exact) mass is 396 g/mol. The van der Waals surface area contributed by atoms with Crippen molar-refractivity contribution in [1.82, 2.24) is 20.1 Å². The van der Waals surface area contributed by atoms with Gasteiger partial charge in [-0.15, -0.1) is 0 Å². The van der Waals surface area contributed by atoms with Crippen molar-refractivity contribution in [3.63, 3.8) is 0 Å². The molecule has 28 heavy (non-hydrogen) atoms. The first-order chi connectivity index (χ1) is 13.7.